The first-order valence-corrected chi connectivity index (χ1v) is 11.7. The molecule has 2 aliphatic heterocycles. The number of nitrogens with one attached hydrogen (secondary N) is 1. The average Bonchev–Trinajstić information content (AvgIpc) is 3.39. The molecule has 174 valence electrons. The van der Waals surface area contributed by atoms with E-state index in [4.69, 9.17) is 11.5 Å². The first-order valence-electron chi connectivity index (χ1n) is 10.3. The van der Waals surface area contributed by atoms with Gasteiger partial charge in [-0.05, 0) is 44.1 Å². The van der Waals surface area contributed by atoms with Crippen molar-refractivity contribution in [3.63, 3.8) is 0 Å². The fourth-order valence-corrected chi connectivity index (χ4v) is 4.52. The van der Waals surface area contributed by atoms with Crippen LogP contribution in [0.1, 0.15) is 38.5 Å². The van der Waals surface area contributed by atoms with Gasteiger partial charge in [0.15, 0.2) is 0 Å². The smallest absolute Gasteiger partial charge is 0.326 e. The van der Waals surface area contributed by atoms with Crippen molar-refractivity contribution in [2.24, 2.45) is 11.5 Å². The minimum atomic E-state index is -1.46. The van der Waals surface area contributed by atoms with Gasteiger partial charge in [-0.1, -0.05) is 0 Å². The van der Waals surface area contributed by atoms with Crippen LogP contribution in [0, 0.1) is 0 Å². The molecule has 0 radical (unpaired) electrons. The molecule has 2 aliphatic rings. The maximum Gasteiger partial charge on any atom is 0.326 e. The van der Waals surface area contributed by atoms with Crippen LogP contribution >= 0.6 is 11.8 Å². The number of amides is 4. The summed E-state index contributed by atoms with van der Waals surface area (Å²) in [7, 11) is 0. The van der Waals surface area contributed by atoms with Crippen LogP contribution in [0.4, 0.5) is 0 Å². The molecule has 11 nitrogen and oxygen atoms in total. The van der Waals surface area contributed by atoms with Gasteiger partial charge in [-0.15, -0.1) is 0 Å². The van der Waals surface area contributed by atoms with E-state index in [9.17, 15) is 29.1 Å². The quantitative estimate of drug-likeness (QED) is 0.306. The Morgan fingerprint density at radius 1 is 1.10 bits per heavy atom. The SMILES string of the molecule is CSCCC(N)C(=O)N1CCCC1C(=O)N1CCCC1C(=O)NC(CC(N)=O)C(=O)O. The molecule has 2 heterocycles. The number of primary amides is 1. The van der Waals surface area contributed by atoms with Gasteiger partial charge in [0.25, 0.3) is 0 Å². The van der Waals surface area contributed by atoms with Crippen LogP contribution < -0.4 is 16.8 Å². The standard InChI is InChI=1S/C19H31N5O6S/c1-31-9-6-11(20)17(27)24-8-3-5-14(24)18(28)23-7-2-4-13(23)16(26)22-12(19(29)30)10-15(21)25/h11-14H,2-10,20H2,1H3,(H2,21,25)(H,22,26)(H,29,30). The van der Waals surface area contributed by atoms with E-state index >= 15 is 0 Å². The lowest BCUT2D eigenvalue weighted by Gasteiger charge is -2.32. The van der Waals surface area contributed by atoms with Gasteiger partial charge in [0.2, 0.25) is 23.6 Å². The van der Waals surface area contributed by atoms with Crippen molar-refractivity contribution in [3.8, 4) is 0 Å². The number of likely N-dealkylation sites (tertiary alicyclic amines) is 2. The molecule has 0 bridgehead atoms. The molecule has 0 aromatic heterocycles. The number of carboxylic acid groups (broad SMARTS) is 1. The Labute approximate surface area is 185 Å². The van der Waals surface area contributed by atoms with E-state index < -0.39 is 48.4 Å². The summed E-state index contributed by atoms with van der Waals surface area (Å²) < 4.78 is 0. The van der Waals surface area contributed by atoms with Crippen LogP contribution in [-0.4, -0.2) is 93.8 Å². The number of nitrogens with zero attached hydrogens (tertiary/aromatic N) is 2. The summed E-state index contributed by atoms with van der Waals surface area (Å²) in [5, 5.41) is 11.5. The highest BCUT2D eigenvalue weighted by Gasteiger charge is 2.43. The zero-order valence-corrected chi connectivity index (χ0v) is 18.4. The van der Waals surface area contributed by atoms with Crippen molar-refractivity contribution in [3.05, 3.63) is 0 Å². The molecule has 0 aromatic carbocycles. The fraction of sp³-hybridized carbons (Fsp3) is 0.737. The zero-order valence-electron chi connectivity index (χ0n) is 17.6. The van der Waals surface area contributed by atoms with Gasteiger partial charge in [-0.2, -0.15) is 11.8 Å². The molecular formula is C19H31N5O6S. The molecule has 2 rings (SSSR count). The zero-order chi connectivity index (χ0) is 23.1. The molecular weight excluding hydrogens is 426 g/mol. The lowest BCUT2D eigenvalue weighted by Crippen LogP contribution is -2.56. The number of hydrogen-bond donors (Lipinski definition) is 4. The van der Waals surface area contributed by atoms with Gasteiger partial charge in [0, 0.05) is 13.1 Å². The molecule has 0 spiro atoms. The van der Waals surface area contributed by atoms with Gasteiger partial charge in [0.05, 0.1) is 12.5 Å². The highest BCUT2D eigenvalue weighted by atomic mass is 32.2. The Kier molecular flexibility index (Phi) is 9.11. The topological polar surface area (TPSA) is 176 Å². The second kappa shape index (κ2) is 11.3. The predicted molar refractivity (Wildman–Crippen MR) is 114 cm³/mol. The van der Waals surface area contributed by atoms with Crippen LogP contribution in [-0.2, 0) is 24.0 Å². The average molecular weight is 458 g/mol. The molecule has 2 fully saturated rings. The lowest BCUT2D eigenvalue weighted by molar-refractivity contribution is -0.148. The number of hydrogen-bond acceptors (Lipinski definition) is 7. The van der Waals surface area contributed by atoms with Gasteiger partial charge in [0.1, 0.15) is 18.1 Å². The van der Waals surface area contributed by atoms with Crippen molar-refractivity contribution in [2.75, 3.05) is 25.1 Å². The third kappa shape index (κ3) is 6.33. The molecule has 6 N–H and O–H groups in total. The maximum atomic E-state index is 13.2. The fourth-order valence-electron chi connectivity index (χ4n) is 4.03. The molecule has 12 heteroatoms. The molecule has 4 atom stereocenters. The second-order valence-electron chi connectivity index (χ2n) is 7.84. The van der Waals surface area contributed by atoms with E-state index in [2.05, 4.69) is 5.32 Å². The number of carbonyl (C=O) groups excluding carboxylic acids is 4. The Morgan fingerprint density at radius 3 is 2.29 bits per heavy atom. The minimum Gasteiger partial charge on any atom is -0.480 e. The third-order valence-electron chi connectivity index (χ3n) is 5.63. The number of carboxylic acids is 1. The molecule has 4 amide bonds. The number of nitrogens with two attached hydrogens (primary N) is 2. The Hall–Kier alpha value is -2.34. The van der Waals surface area contributed by atoms with Crippen LogP contribution in [0.3, 0.4) is 0 Å². The molecule has 2 saturated heterocycles. The molecule has 0 aliphatic carbocycles. The summed E-state index contributed by atoms with van der Waals surface area (Å²) in [4.78, 5) is 64.0. The Balaban J connectivity index is 2.07. The minimum absolute atomic E-state index is 0.266. The van der Waals surface area contributed by atoms with Crippen LogP contribution in [0.25, 0.3) is 0 Å². The van der Waals surface area contributed by atoms with E-state index in [1.165, 1.54) is 9.80 Å². The van der Waals surface area contributed by atoms with E-state index in [0.717, 1.165) is 5.75 Å². The van der Waals surface area contributed by atoms with E-state index in [-0.39, 0.29) is 11.8 Å². The van der Waals surface area contributed by atoms with Crippen molar-refractivity contribution in [2.45, 2.75) is 62.7 Å². The first-order chi connectivity index (χ1) is 14.7. The van der Waals surface area contributed by atoms with Crippen LogP contribution in [0.5, 0.6) is 0 Å². The largest absolute Gasteiger partial charge is 0.480 e. The Bertz CT molecular complexity index is 720. The van der Waals surface area contributed by atoms with Crippen molar-refractivity contribution >= 4 is 41.4 Å². The predicted octanol–water partition coefficient (Wildman–Crippen LogP) is -1.51. The number of carbonyl (C=O) groups is 5. The summed E-state index contributed by atoms with van der Waals surface area (Å²) >= 11 is 1.59. The van der Waals surface area contributed by atoms with Gasteiger partial charge >= 0.3 is 5.97 Å². The van der Waals surface area contributed by atoms with E-state index in [1.54, 1.807) is 11.8 Å². The first kappa shape index (κ1) is 24.9. The summed E-state index contributed by atoms with van der Waals surface area (Å²) in [6.45, 7) is 0.772. The van der Waals surface area contributed by atoms with Gasteiger partial charge in [-0.3, -0.25) is 19.2 Å². The Morgan fingerprint density at radius 2 is 1.71 bits per heavy atom. The van der Waals surface area contributed by atoms with Crippen molar-refractivity contribution in [1.29, 1.82) is 0 Å². The molecule has 4 unspecified atom stereocenters. The number of aliphatic carboxylic acids is 1. The molecule has 0 aromatic rings. The van der Waals surface area contributed by atoms with Crippen LogP contribution in [0.15, 0.2) is 0 Å². The van der Waals surface area contributed by atoms with E-state index in [0.29, 0.717) is 45.2 Å². The summed E-state index contributed by atoms with van der Waals surface area (Å²) in [6.07, 6.45) is 4.00. The summed E-state index contributed by atoms with van der Waals surface area (Å²) in [5.41, 5.74) is 11.1. The van der Waals surface area contributed by atoms with Gasteiger partial charge in [-0.25, -0.2) is 4.79 Å². The lowest BCUT2D eigenvalue weighted by atomic mass is 10.1. The summed E-state index contributed by atoms with van der Waals surface area (Å²) in [6, 6.07) is -3.67. The third-order valence-corrected chi connectivity index (χ3v) is 6.27. The van der Waals surface area contributed by atoms with Crippen molar-refractivity contribution in [1.82, 2.24) is 15.1 Å². The number of rotatable bonds is 10. The normalized spacial score (nSPS) is 22.8. The van der Waals surface area contributed by atoms with E-state index in [1.807, 2.05) is 6.26 Å². The summed E-state index contributed by atoms with van der Waals surface area (Å²) in [5.74, 6) is -2.74. The maximum absolute atomic E-state index is 13.2. The van der Waals surface area contributed by atoms with Gasteiger partial charge < -0.3 is 31.7 Å². The molecule has 31 heavy (non-hydrogen) atoms. The number of thioether (sulfide) groups is 1. The molecule has 0 saturated carbocycles. The monoisotopic (exact) mass is 457 g/mol. The van der Waals surface area contributed by atoms with Crippen molar-refractivity contribution < 1.29 is 29.1 Å². The second-order valence-corrected chi connectivity index (χ2v) is 8.82. The highest BCUT2D eigenvalue weighted by Crippen LogP contribution is 2.26. The van der Waals surface area contributed by atoms with Crippen LogP contribution in [0.2, 0.25) is 0 Å². The highest BCUT2D eigenvalue weighted by molar-refractivity contribution is 7.98.